The van der Waals surface area contributed by atoms with Crippen molar-refractivity contribution in [3.8, 4) is 0 Å². The van der Waals surface area contributed by atoms with Gasteiger partial charge in [-0.1, -0.05) is 13.8 Å². The molecule has 2 heterocycles. The fourth-order valence-corrected chi connectivity index (χ4v) is 2.87. The molecule has 0 aliphatic carbocycles. The Bertz CT molecular complexity index is 502. The van der Waals surface area contributed by atoms with Gasteiger partial charge >= 0.3 is 5.97 Å². The molecule has 0 bridgehead atoms. The zero-order chi connectivity index (χ0) is 16.1. The minimum Gasteiger partial charge on any atom is -0.479 e. The molecule has 1 aliphatic rings. The predicted octanol–water partition coefficient (Wildman–Crippen LogP) is 1.65. The second-order valence-corrected chi connectivity index (χ2v) is 6.58. The van der Waals surface area contributed by atoms with E-state index in [1.807, 2.05) is 16.8 Å². The summed E-state index contributed by atoms with van der Waals surface area (Å²) < 4.78 is 10.5. The largest absolute Gasteiger partial charge is 0.479 e. The Hall–Kier alpha value is -1.44. The van der Waals surface area contributed by atoms with Gasteiger partial charge in [0.2, 0.25) is 0 Å². The van der Waals surface area contributed by atoms with E-state index in [9.17, 15) is 9.59 Å². The van der Waals surface area contributed by atoms with Gasteiger partial charge in [0.05, 0.1) is 19.3 Å². The van der Waals surface area contributed by atoms with Crippen LogP contribution in [0.3, 0.4) is 0 Å². The minimum atomic E-state index is -1.10. The SMILES string of the molecule is CC(C)C[C@@H](COCc1ccsc1)NC(=O)[C@H]1O[C@@H]1C(=O)O. The third-order valence-electron chi connectivity index (χ3n) is 3.26. The summed E-state index contributed by atoms with van der Waals surface area (Å²) >= 11 is 1.61. The maximum absolute atomic E-state index is 12.0. The first-order chi connectivity index (χ1) is 10.5. The molecule has 2 N–H and O–H groups in total. The standard InChI is InChI=1S/C15H21NO5S/c1-9(2)5-11(7-20-6-10-3-4-22-8-10)16-14(17)12-13(21-12)15(18)19/h3-4,8-9,11-13H,5-7H2,1-2H3,(H,16,17)(H,18,19)/t11-,12-,13-/m0/s1. The molecular weight excluding hydrogens is 306 g/mol. The minimum absolute atomic E-state index is 0.148. The van der Waals surface area contributed by atoms with Gasteiger partial charge in [-0.25, -0.2) is 4.79 Å². The van der Waals surface area contributed by atoms with Gasteiger partial charge in [-0.2, -0.15) is 11.3 Å². The summed E-state index contributed by atoms with van der Waals surface area (Å²) in [5.41, 5.74) is 1.11. The van der Waals surface area contributed by atoms with Crippen LogP contribution in [0.1, 0.15) is 25.8 Å². The molecule has 0 saturated carbocycles. The van der Waals surface area contributed by atoms with Crippen LogP contribution < -0.4 is 5.32 Å². The Balaban J connectivity index is 1.78. The predicted molar refractivity (Wildman–Crippen MR) is 81.7 cm³/mol. The van der Waals surface area contributed by atoms with Gasteiger partial charge < -0.3 is 19.9 Å². The number of epoxide rings is 1. The quantitative estimate of drug-likeness (QED) is 0.673. The molecule has 2 rings (SSSR count). The molecule has 122 valence electrons. The average Bonchev–Trinajstić information content (AvgIpc) is 3.09. The second kappa shape index (κ2) is 7.71. The second-order valence-electron chi connectivity index (χ2n) is 5.80. The molecule has 1 saturated heterocycles. The maximum Gasteiger partial charge on any atom is 0.336 e. The zero-order valence-electron chi connectivity index (χ0n) is 12.7. The lowest BCUT2D eigenvalue weighted by Gasteiger charge is -2.20. The molecule has 1 amide bonds. The van der Waals surface area contributed by atoms with Gasteiger partial charge in [0.15, 0.2) is 12.2 Å². The molecular formula is C15H21NO5S. The van der Waals surface area contributed by atoms with Crippen LogP contribution in [0.15, 0.2) is 16.8 Å². The lowest BCUT2D eigenvalue weighted by molar-refractivity contribution is -0.138. The van der Waals surface area contributed by atoms with E-state index < -0.39 is 18.2 Å². The van der Waals surface area contributed by atoms with Crippen molar-refractivity contribution in [1.82, 2.24) is 5.32 Å². The molecule has 1 aromatic rings. The van der Waals surface area contributed by atoms with Gasteiger partial charge in [0, 0.05) is 0 Å². The van der Waals surface area contributed by atoms with Gasteiger partial charge in [-0.3, -0.25) is 4.79 Å². The fraction of sp³-hybridized carbons (Fsp3) is 0.600. The summed E-state index contributed by atoms with van der Waals surface area (Å²) in [5.74, 6) is -1.09. The van der Waals surface area contributed by atoms with Crippen molar-refractivity contribution in [2.24, 2.45) is 5.92 Å². The van der Waals surface area contributed by atoms with Gasteiger partial charge in [0.25, 0.3) is 5.91 Å². The van der Waals surface area contributed by atoms with Crippen LogP contribution >= 0.6 is 11.3 Å². The summed E-state index contributed by atoms with van der Waals surface area (Å²) in [7, 11) is 0. The number of amides is 1. The highest BCUT2D eigenvalue weighted by molar-refractivity contribution is 7.07. The van der Waals surface area contributed by atoms with Crippen LogP contribution in [-0.4, -0.2) is 41.8 Å². The van der Waals surface area contributed by atoms with E-state index in [2.05, 4.69) is 19.2 Å². The lowest BCUT2D eigenvalue weighted by Crippen LogP contribution is -2.42. The van der Waals surface area contributed by atoms with E-state index in [0.717, 1.165) is 12.0 Å². The number of ether oxygens (including phenoxy) is 2. The number of nitrogens with one attached hydrogen (secondary N) is 1. The lowest BCUT2D eigenvalue weighted by atomic mass is 10.0. The Morgan fingerprint density at radius 1 is 1.45 bits per heavy atom. The number of aliphatic carboxylic acids is 1. The molecule has 22 heavy (non-hydrogen) atoms. The molecule has 0 spiro atoms. The topological polar surface area (TPSA) is 88.2 Å². The fourth-order valence-electron chi connectivity index (χ4n) is 2.21. The van der Waals surface area contributed by atoms with Crippen molar-refractivity contribution in [3.63, 3.8) is 0 Å². The van der Waals surface area contributed by atoms with Gasteiger partial charge in [-0.15, -0.1) is 0 Å². The highest BCUT2D eigenvalue weighted by Crippen LogP contribution is 2.22. The summed E-state index contributed by atoms with van der Waals surface area (Å²) in [6.07, 6.45) is -1.12. The van der Waals surface area contributed by atoms with Crippen molar-refractivity contribution in [3.05, 3.63) is 22.4 Å². The van der Waals surface area contributed by atoms with Gasteiger partial charge in [0.1, 0.15) is 0 Å². The van der Waals surface area contributed by atoms with E-state index in [1.54, 1.807) is 11.3 Å². The maximum atomic E-state index is 12.0. The normalized spacial score (nSPS) is 21.6. The van der Waals surface area contributed by atoms with E-state index in [1.165, 1.54) is 0 Å². The van der Waals surface area contributed by atoms with Crippen LogP contribution in [0.2, 0.25) is 0 Å². The Kier molecular flexibility index (Phi) is 5.93. The van der Waals surface area contributed by atoms with Crippen LogP contribution in [0, 0.1) is 5.92 Å². The van der Waals surface area contributed by atoms with Crippen LogP contribution in [0.5, 0.6) is 0 Å². The molecule has 1 aliphatic heterocycles. The van der Waals surface area contributed by atoms with Crippen molar-refractivity contribution in [1.29, 1.82) is 0 Å². The molecule has 0 radical (unpaired) electrons. The van der Waals surface area contributed by atoms with E-state index >= 15 is 0 Å². The van der Waals surface area contributed by atoms with Crippen LogP contribution in [-0.2, 0) is 25.7 Å². The number of thiophene rings is 1. The third-order valence-corrected chi connectivity index (χ3v) is 4.00. The molecule has 1 aromatic heterocycles. The number of carbonyl (C=O) groups is 2. The molecule has 0 unspecified atom stereocenters. The number of carbonyl (C=O) groups excluding carboxylic acids is 1. The van der Waals surface area contributed by atoms with E-state index in [-0.39, 0.29) is 11.9 Å². The Labute approximate surface area is 133 Å². The van der Waals surface area contributed by atoms with Gasteiger partial charge in [-0.05, 0) is 34.7 Å². The molecule has 0 aromatic carbocycles. The number of hydrogen-bond donors (Lipinski definition) is 2. The number of carboxylic acid groups (broad SMARTS) is 1. The van der Waals surface area contributed by atoms with Crippen molar-refractivity contribution in [2.75, 3.05) is 6.61 Å². The first-order valence-corrected chi connectivity index (χ1v) is 8.19. The number of carboxylic acids is 1. The van der Waals surface area contributed by atoms with Crippen molar-refractivity contribution < 1.29 is 24.2 Å². The highest BCUT2D eigenvalue weighted by atomic mass is 32.1. The smallest absolute Gasteiger partial charge is 0.336 e. The third kappa shape index (κ3) is 5.08. The summed E-state index contributed by atoms with van der Waals surface area (Å²) in [4.78, 5) is 22.7. The van der Waals surface area contributed by atoms with Crippen LogP contribution in [0.25, 0.3) is 0 Å². The van der Waals surface area contributed by atoms with Crippen molar-refractivity contribution >= 4 is 23.2 Å². The number of rotatable bonds is 9. The average molecular weight is 327 g/mol. The van der Waals surface area contributed by atoms with E-state index in [4.69, 9.17) is 14.6 Å². The monoisotopic (exact) mass is 327 g/mol. The molecule has 1 fully saturated rings. The molecule has 7 heteroatoms. The van der Waals surface area contributed by atoms with Crippen molar-refractivity contribution in [2.45, 2.75) is 45.1 Å². The molecule has 6 nitrogen and oxygen atoms in total. The van der Waals surface area contributed by atoms with Crippen LogP contribution in [0.4, 0.5) is 0 Å². The summed E-state index contributed by atoms with van der Waals surface area (Å²) in [6.45, 7) is 5.02. The summed E-state index contributed by atoms with van der Waals surface area (Å²) in [5, 5.41) is 15.6. The van der Waals surface area contributed by atoms with E-state index in [0.29, 0.717) is 19.1 Å². The first-order valence-electron chi connectivity index (χ1n) is 7.25. The molecule has 3 atom stereocenters. The zero-order valence-corrected chi connectivity index (χ0v) is 13.5. The highest BCUT2D eigenvalue weighted by Gasteiger charge is 2.51. The number of hydrogen-bond acceptors (Lipinski definition) is 5. The first kappa shape index (κ1) is 16.9. The Morgan fingerprint density at radius 2 is 2.23 bits per heavy atom. The summed E-state index contributed by atoms with van der Waals surface area (Å²) in [6, 6.07) is 1.85. The Morgan fingerprint density at radius 3 is 2.77 bits per heavy atom.